The van der Waals surface area contributed by atoms with Gasteiger partial charge in [-0.2, -0.15) is 22.7 Å². The van der Waals surface area contributed by atoms with Gasteiger partial charge in [0.25, 0.3) is 0 Å². The summed E-state index contributed by atoms with van der Waals surface area (Å²) in [6, 6.07) is 29.7. The molecule has 1 aliphatic rings. The third-order valence-corrected chi connectivity index (χ3v) is 9.46. The van der Waals surface area contributed by atoms with Crippen molar-refractivity contribution in [1.29, 1.82) is 0 Å². The molecule has 2 heterocycles. The lowest BCUT2D eigenvalue weighted by Gasteiger charge is -2.37. The molecule has 0 saturated heterocycles. The monoisotopic (exact) mass is 542 g/mol. The molecule has 190 valence electrons. The molecule has 4 aromatic carbocycles. The van der Waals surface area contributed by atoms with E-state index in [9.17, 15) is 10.2 Å². The van der Waals surface area contributed by atoms with Gasteiger partial charge in [0.15, 0.2) is 0 Å². The minimum Gasteiger partial charge on any atom is -0.508 e. The van der Waals surface area contributed by atoms with Crippen LogP contribution in [0.4, 0.5) is 0 Å². The van der Waals surface area contributed by atoms with Crippen LogP contribution in [0, 0.1) is 13.8 Å². The van der Waals surface area contributed by atoms with Gasteiger partial charge in [0.2, 0.25) is 0 Å². The number of thiophene rings is 2. The van der Waals surface area contributed by atoms with Crippen molar-refractivity contribution in [3.8, 4) is 44.9 Å². The lowest BCUT2D eigenvalue weighted by Crippen LogP contribution is -2.30. The Balaban J connectivity index is 1.73. The third-order valence-electron chi connectivity index (χ3n) is 8.09. The molecule has 0 atom stereocenters. The summed E-state index contributed by atoms with van der Waals surface area (Å²) in [4.78, 5) is 0. The predicted molar refractivity (Wildman–Crippen MR) is 163 cm³/mol. The Kier molecular flexibility index (Phi) is 5.51. The summed E-state index contributed by atoms with van der Waals surface area (Å²) in [5.74, 6) is 0.568. The van der Waals surface area contributed by atoms with Crippen molar-refractivity contribution in [3.05, 3.63) is 140 Å². The molecule has 0 unspecified atom stereocenters. The number of aryl methyl sites for hydroxylation is 2. The number of phenolic OH excluding ortho intramolecular Hbond substituents is 2. The van der Waals surface area contributed by atoms with Crippen molar-refractivity contribution in [2.24, 2.45) is 0 Å². The average molecular weight is 543 g/mol. The Morgan fingerprint density at radius 1 is 0.538 bits per heavy atom. The molecule has 2 aromatic heterocycles. The van der Waals surface area contributed by atoms with Crippen LogP contribution in [0.2, 0.25) is 0 Å². The summed E-state index contributed by atoms with van der Waals surface area (Å²) >= 11 is 3.40. The second-order valence-corrected chi connectivity index (χ2v) is 11.8. The fraction of sp³-hybridized carbons (Fsp3) is 0.0857. The van der Waals surface area contributed by atoms with E-state index in [1.165, 1.54) is 44.5 Å². The van der Waals surface area contributed by atoms with E-state index < -0.39 is 5.41 Å². The van der Waals surface area contributed by atoms with Crippen molar-refractivity contribution in [3.63, 3.8) is 0 Å². The van der Waals surface area contributed by atoms with E-state index >= 15 is 0 Å². The number of aromatic hydroxyl groups is 2. The predicted octanol–water partition coefficient (Wildman–Crippen LogP) is 9.53. The minimum atomic E-state index is -0.682. The molecule has 6 aromatic rings. The smallest absolute Gasteiger partial charge is 0.118 e. The molecule has 39 heavy (non-hydrogen) atoms. The molecule has 7 rings (SSSR count). The highest BCUT2D eigenvalue weighted by molar-refractivity contribution is 7.08. The molecule has 0 aliphatic heterocycles. The molecular formula is C35H26O2S2. The fourth-order valence-electron chi connectivity index (χ4n) is 6.32. The van der Waals surface area contributed by atoms with Gasteiger partial charge in [-0.25, -0.2) is 0 Å². The number of hydrogen-bond acceptors (Lipinski definition) is 4. The second kappa shape index (κ2) is 8.98. The Hall–Kier alpha value is -4.12. The van der Waals surface area contributed by atoms with Crippen molar-refractivity contribution < 1.29 is 10.2 Å². The van der Waals surface area contributed by atoms with Crippen molar-refractivity contribution in [2.75, 3.05) is 0 Å². The SMILES string of the molecule is Cc1cc(C2(c3ccc(O)c(C)c3)c3c(-c4ccsc4)cccc3-c3cccc(-c4ccsc4)c32)ccc1O. The van der Waals surface area contributed by atoms with Crippen LogP contribution in [0.25, 0.3) is 33.4 Å². The van der Waals surface area contributed by atoms with Gasteiger partial charge in [0.1, 0.15) is 11.5 Å². The summed E-state index contributed by atoms with van der Waals surface area (Å²) in [5.41, 5.74) is 12.8. The summed E-state index contributed by atoms with van der Waals surface area (Å²) in [5, 5.41) is 29.9. The average Bonchev–Trinajstić information content (AvgIpc) is 3.72. The van der Waals surface area contributed by atoms with Crippen molar-refractivity contribution in [2.45, 2.75) is 19.3 Å². The highest BCUT2D eigenvalue weighted by Gasteiger charge is 2.49. The Labute approximate surface area is 236 Å². The first kappa shape index (κ1) is 24.0. The number of benzene rings is 4. The Morgan fingerprint density at radius 2 is 0.974 bits per heavy atom. The summed E-state index contributed by atoms with van der Waals surface area (Å²) in [6.07, 6.45) is 0. The maximum Gasteiger partial charge on any atom is 0.118 e. The van der Waals surface area contributed by atoms with Gasteiger partial charge in [-0.1, -0.05) is 60.7 Å². The van der Waals surface area contributed by atoms with Gasteiger partial charge in [0.05, 0.1) is 5.41 Å². The number of phenols is 2. The van der Waals surface area contributed by atoms with Crippen LogP contribution < -0.4 is 0 Å². The number of rotatable bonds is 4. The van der Waals surface area contributed by atoms with Crippen molar-refractivity contribution >= 4 is 22.7 Å². The van der Waals surface area contributed by atoms with Gasteiger partial charge in [0, 0.05) is 0 Å². The van der Waals surface area contributed by atoms with E-state index in [-0.39, 0.29) is 11.5 Å². The lowest BCUT2D eigenvalue weighted by atomic mass is 9.64. The fourth-order valence-corrected chi connectivity index (χ4v) is 7.64. The molecule has 0 radical (unpaired) electrons. The Morgan fingerprint density at radius 3 is 1.36 bits per heavy atom. The Bertz CT molecular complexity index is 1710. The van der Waals surface area contributed by atoms with Crippen LogP contribution in [-0.4, -0.2) is 10.2 Å². The molecule has 0 saturated carbocycles. The quantitative estimate of drug-likeness (QED) is 0.232. The van der Waals surface area contributed by atoms with Gasteiger partial charge < -0.3 is 10.2 Å². The van der Waals surface area contributed by atoms with Gasteiger partial charge in [-0.15, -0.1) is 0 Å². The molecule has 2 N–H and O–H groups in total. The van der Waals surface area contributed by atoms with Gasteiger partial charge in [-0.05, 0) is 126 Å². The van der Waals surface area contributed by atoms with E-state index in [1.54, 1.807) is 22.7 Å². The van der Waals surface area contributed by atoms with E-state index in [0.717, 1.165) is 22.3 Å². The molecule has 0 amide bonds. The van der Waals surface area contributed by atoms with Gasteiger partial charge in [-0.3, -0.25) is 0 Å². The van der Waals surface area contributed by atoms with Crippen LogP contribution in [0.1, 0.15) is 33.4 Å². The summed E-state index contributed by atoms with van der Waals surface area (Å²) in [6.45, 7) is 3.92. The number of hydrogen-bond donors (Lipinski definition) is 2. The first-order valence-corrected chi connectivity index (χ1v) is 14.8. The highest BCUT2D eigenvalue weighted by Crippen LogP contribution is 2.61. The molecule has 2 nitrogen and oxygen atoms in total. The first-order chi connectivity index (χ1) is 19.0. The van der Waals surface area contributed by atoms with Gasteiger partial charge >= 0.3 is 0 Å². The summed E-state index contributed by atoms with van der Waals surface area (Å²) in [7, 11) is 0. The van der Waals surface area contributed by atoms with Crippen LogP contribution in [-0.2, 0) is 5.41 Å². The standard InChI is InChI=1S/C35H26O2S2/c1-21-17-25(9-11-31(21)36)35(26-10-12-32(37)22(2)18-26)33-27(23-13-15-38-19-23)5-3-7-29(33)30-8-4-6-28(34(30)35)24-14-16-39-20-24/h3-20,36-37H,1-2H3. The van der Waals surface area contributed by atoms with Crippen LogP contribution in [0.5, 0.6) is 11.5 Å². The summed E-state index contributed by atoms with van der Waals surface area (Å²) < 4.78 is 0. The molecule has 4 heteroatoms. The number of fused-ring (bicyclic) bond motifs is 3. The minimum absolute atomic E-state index is 0.284. The topological polar surface area (TPSA) is 40.5 Å². The zero-order valence-electron chi connectivity index (χ0n) is 21.6. The zero-order valence-corrected chi connectivity index (χ0v) is 23.2. The largest absolute Gasteiger partial charge is 0.508 e. The maximum atomic E-state index is 10.6. The molecule has 1 aliphatic carbocycles. The van der Waals surface area contributed by atoms with E-state index in [4.69, 9.17) is 0 Å². The molecule has 0 fully saturated rings. The first-order valence-electron chi connectivity index (χ1n) is 12.9. The van der Waals surface area contributed by atoms with E-state index in [0.29, 0.717) is 0 Å². The van der Waals surface area contributed by atoms with Crippen LogP contribution in [0.15, 0.2) is 106 Å². The normalized spacial score (nSPS) is 13.3. The third kappa shape index (κ3) is 3.45. The molecular weight excluding hydrogens is 517 g/mol. The molecule has 0 spiro atoms. The maximum absolute atomic E-state index is 10.6. The zero-order chi connectivity index (χ0) is 26.7. The highest BCUT2D eigenvalue weighted by atomic mass is 32.1. The van der Waals surface area contributed by atoms with E-state index in [2.05, 4.69) is 94.3 Å². The second-order valence-electron chi connectivity index (χ2n) is 10.2. The van der Waals surface area contributed by atoms with Crippen LogP contribution in [0.3, 0.4) is 0 Å². The van der Waals surface area contributed by atoms with E-state index in [1.807, 2.05) is 26.0 Å². The van der Waals surface area contributed by atoms with Crippen LogP contribution >= 0.6 is 22.7 Å². The molecule has 0 bridgehead atoms. The van der Waals surface area contributed by atoms with Crippen molar-refractivity contribution in [1.82, 2.24) is 0 Å². The lowest BCUT2D eigenvalue weighted by molar-refractivity contribution is 0.470.